The van der Waals surface area contributed by atoms with Crippen LogP contribution in [0.5, 0.6) is 0 Å². The topological polar surface area (TPSA) is 24.4 Å². The molecule has 1 aliphatic rings. The van der Waals surface area contributed by atoms with Crippen molar-refractivity contribution < 1.29 is 0 Å². The number of rotatable bonds is 3. The lowest BCUT2D eigenvalue weighted by atomic mass is 10.2. The van der Waals surface area contributed by atoms with Gasteiger partial charge in [-0.3, -0.25) is 4.99 Å². The van der Waals surface area contributed by atoms with Crippen LogP contribution in [0.3, 0.4) is 0 Å². The predicted octanol–water partition coefficient (Wildman–Crippen LogP) is 4.72. The van der Waals surface area contributed by atoms with Gasteiger partial charge in [-0.25, -0.2) is 0 Å². The smallest absolute Gasteiger partial charge is 0.0633 e. The van der Waals surface area contributed by atoms with Crippen LogP contribution in [0.25, 0.3) is 0 Å². The minimum atomic E-state index is 0.886. The van der Waals surface area contributed by atoms with Gasteiger partial charge in [0.05, 0.1) is 11.4 Å². The molecule has 0 heterocycles. The Hall–Kier alpha value is -2.61. The molecule has 0 aliphatic heterocycles. The summed E-state index contributed by atoms with van der Waals surface area (Å²) in [6.45, 7) is 0. The number of aliphatic imine (C=N–C) groups is 1. The third-order valence-electron chi connectivity index (χ3n) is 3.13. The molecule has 0 aromatic heterocycles. The lowest BCUT2D eigenvalue weighted by Gasteiger charge is -2.03. The van der Waals surface area contributed by atoms with E-state index in [1.165, 1.54) is 0 Å². The molecule has 0 unspecified atom stereocenters. The van der Waals surface area contributed by atoms with Gasteiger partial charge in [-0.15, -0.1) is 0 Å². The molecule has 3 rings (SSSR count). The number of nitrogens with one attached hydrogen (secondary N) is 1. The van der Waals surface area contributed by atoms with Gasteiger partial charge in [-0.2, -0.15) is 0 Å². The van der Waals surface area contributed by atoms with Gasteiger partial charge in [0.25, 0.3) is 0 Å². The Bertz CT molecular complexity index is 652. The minimum Gasteiger partial charge on any atom is -0.361 e. The van der Waals surface area contributed by atoms with Crippen molar-refractivity contribution in [2.45, 2.75) is 6.42 Å². The van der Waals surface area contributed by atoms with Crippen LogP contribution in [-0.4, -0.2) is 5.71 Å². The largest absolute Gasteiger partial charge is 0.361 e. The summed E-state index contributed by atoms with van der Waals surface area (Å²) in [5.41, 5.74) is 4.31. The number of hydrogen-bond acceptors (Lipinski definition) is 2. The Morgan fingerprint density at radius 1 is 0.900 bits per heavy atom. The molecule has 0 amide bonds. The second-order valence-electron chi connectivity index (χ2n) is 4.61. The molecule has 0 bridgehead atoms. The van der Waals surface area contributed by atoms with E-state index in [2.05, 4.69) is 17.5 Å². The molecule has 1 aliphatic carbocycles. The molecule has 2 nitrogen and oxygen atoms in total. The van der Waals surface area contributed by atoms with E-state index in [1.807, 2.05) is 66.9 Å². The van der Waals surface area contributed by atoms with Gasteiger partial charge in [-0.1, -0.05) is 48.6 Å². The number of hydrogen-bond donors (Lipinski definition) is 1. The molecule has 0 saturated carbocycles. The van der Waals surface area contributed by atoms with Crippen molar-refractivity contribution in [1.82, 2.24) is 0 Å². The fourth-order valence-electron chi connectivity index (χ4n) is 2.11. The second-order valence-corrected chi connectivity index (χ2v) is 4.61. The van der Waals surface area contributed by atoms with Crippen molar-refractivity contribution in [2.24, 2.45) is 4.99 Å². The fraction of sp³-hybridized carbons (Fsp3) is 0.0556. The zero-order valence-electron chi connectivity index (χ0n) is 11.2. The number of para-hydroxylation sites is 2. The van der Waals surface area contributed by atoms with E-state index in [0.29, 0.717) is 0 Å². The normalized spacial score (nSPS) is 17.8. The van der Waals surface area contributed by atoms with Gasteiger partial charge >= 0.3 is 0 Å². The molecule has 98 valence electrons. The Balaban J connectivity index is 1.79. The molecule has 0 fully saturated rings. The molecule has 0 atom stereocenters. The molecular formula is C18H16N2. The third kappa shape index (κ3) is 3.04. The van der Waals surface area contributed by atoms with E-state index < -0.39 is 0 Å². The summed E-state index contributed by atoms with van der Waals surface area (Å²) in [5.74, 6) is 0. The molecular weight excluding hydrogens is 244 g/mol. The summed E-state index contributed by atoms with van der Waals surface area (Å²) >= 11 is 0. The molecule has 0 saturated heterocycles. The lowest BCUT2D eigenvalue weighted by Crippen LogP contribution is -1.97. The molecule has 2 heteroatoms. The van der Waals surface area contributed by atoms with E-state index in [0.717, 1.165) is 29.1 Å². The number of benzene rings is 2. The Kier molecular flexibility index (Phi) is 3.74. The van der Waals surface area contributed by atoms with Gasteiger partial charge in [0.2, 0.25) is 0 Å². The number of nitrogens with zero attached hydrogens (tertiary/aromatic N) is 1. The van der Waals surface area contributed by atoms with Crippen LogP contribution in [0.2, 0.25) is 0 Å². The molecule has 0 spiro atoms. The zero-order valence-corrected chi connectivity index (χ0v) is 11.2. The molecule has 2 aromatic carbocycles. The molecule has 2 aromatic rings. The fourth-order valence-corrected chi connectivity index (χ4v) is 2.11. The van der Waals surface area contributed by atoms with Crippen molar-refractivity contribution in [2.75, 3.05) is 5.32 Å². The van der Waals surface area contributed by atoms with Gasteiger partial charge in [0.15, 0.2) is 0 Å². The Morgan fingerprint density at radius 2 is 1.60 bits per heavy atom. The molecule has 0 radical (unpaired) electrons. The first kappa shape index (κ1) is 12.4. The van der Waals surface area contributed by atoms with Crippen LogP contribution >= 0.6 is 0 Å². The third-order valence-corrected chi connectivity index (χ3v) is 3.13. The van der Waals surface area contributed by atoms with E-state index in [-0.39, 0.29) is 0 Å². The van der Waals surface area contributed by atoms with Crippen molar-refractivity contribution in [3.63, 3.8) is 0 Å². The summed E-state index contributed by atoms with van der Waals surface area (Å²) in [7, 11) is 0. The quantitative estimate of drug-likeness (QED) is 0.848. The van der Waals surface area contributed by atoms with Crippen molar-refractivity contribution in [1.29, 1.82) is 0 Å². The lowest BCUT2D eigenvalue weighted by molar-refractivity contribution is 1.43. The van der Waals surface area contributed by atoms with Crippen LogP contribution in [0.1, 0.15) is 6.42 Å². The summed E-state index contributed by atoms with van der Waals surface area (Å²) in [5, 5.41) is 3.31. The average Bonchev–Trinajstić information content (AvgIpc) is 2.94. The summed E-state index contributed by atoms with van der Waals surface area (Å²) in [6, 6.07) is 20.2. The van der Waals surface area contributed by atoms with Crippen LogP contribution in [0.4, 0.5) is 11.4 Å². The second kappa shape index (κ2) is 6.02. The van der Waals surface area contributed by atoms with Crippen molar-refractivity contribution in [3.8, 4) is 0 Å². The Labute approximate surface area is 119 Å². The first-order chi connectivity index (χ1) is 9.92. The first-order valence-electron chi connectivity index (χ1n) is 6.73. The highest BCUT2D eigenvalue weighted by atomic mass is 14.8. The minimum absolute atomic E-state index is 0.886. The predicted molar refractivity (Wildman–Crippen MR) is 85.4 cm³/mol. The maximum absolute atomic E-state index is 4.70. The highest BCUT2D eigenvalue weighted by molar-refractivity contribution is 6.07. The summed E-state index contributed by atoms with van der Waals surface area (Å²) in [4.78, 5) is 4.70. The van der Waals surface area contributed by atoms with E-state index in [9.17, 15) is 0 Å². The highest BCUT2D eigenvalue weighted by Gasteiger charge is 2.09. The maximum Gasteiger partial charge on any atom is 0.0633 e. The monoisotopic (exact) mass is 260 g/mol. The van der Waals surface area contributed by atoms with E-state index in [1.54, 1.807) is 0 Å². The average molecular weight is 260 g/mol. The Morgan fingerprint density at radius 3 is 2.35 bits per heavy atom. The van der Waals surface area contributed by atoms with Crippen molar-refractivity contribution >= 4 is 17.1 Å². The molecule has 20 heavy (non-hydrogen) atoms. The number of allylic oxidation sites excluding steroid dienone is 3. The van der Waals surface area contributed by atoms with Crippen LogP contribution in [0.15, 0.2) is 89.6 Å². The summed E-state index contributed by atoms with van der Waals surface area (Å²) in [6.07, 6.45) is 7.15. The van der Waals surface area contributed by atoms with Gasteiger partial charge in [-0.05, 0) is 24.3 Å². The van der Waals surface area contributed by atoms with E-state index in [4.69, 9.17) is 4.99 Å². The van der Waals surface area contributed by atoms with Crippen LogP contribution in [0, 0.1) is 0 Å². The van der Waals surface area contributed by atoms with Crippen LogP contribution < -0.4 is 5.32 Å². The van der Waals surface area contributed by atoms with Gasteiger partial charge in [0.1, 0.15) is 0 Å². The van der Waals surface area contributed by atoms with E-state index >= 15 is 0 Å². The van der Waals surface area contributed by atoms with Gasteiger partial charge in [0, 0.05) is 23.9 Å². The SMILES string of the molecule is C1=CC(=C/Nc2ccccc2)/C(=N\c2ccccc2)C1. The standard InChI is InChI=1S/C18H16N2/c1-3-9-16(10-4-1)19-14-15-8-7-13-18(15)20-17-11-5-2-6-12-17/h1-12,14,19H,13H2/b15-14-,20-18-. The van der Waals surface area contributed by atoms with Crippen molar-refractivity contribution in [3.05, 3.63) is 84.6 Å². The molecule has 1 N–H and O–H groups in total. The highest BCUT2D eigenvalue weighted by Crippen LogP contribution is 2.20. The first-order valence-corrected chi connectivity index (χ1v) is 6.73. The number of anilines is 1. The van der Waals surface area contributed by atoms with Gasteiger partial charge < -0.3 is 5.32 Å². The zero-order chi connectivity index (χ0) is 13.6. The summed E-state index contributed by atoms with van der Waals surface area (Å²) < 4.78 is 0. The maximum atomic E-state index is 4.70. The van der Waals surface area contributed by atoms with Crippen LogP contribution in [-0.2, 0) is 0 Å².